The summed E-state index contributed by atoms with van der Waals surface area (Å²) in [5.74, 6) is -1.74. The molecule has 35 heavy (non-hydrogen) atoms. The second-order valence-corrected chi connectivity index (χ2v) is 6.97. The van der Waals surface area contributed by atoms with Crippen molar-refractivity contribution in [1.29, 1.82) is 0 Å². The number of carbonyl (C=O) groups excluding carboxylic acids is 4. The lowest BCUT2D eigenvalue weighted by Gasteiger charge is -2.17. The molecule has 1 unspecified atom stereocenters. The standard InChI is InChI=1S/C23H25N3O9/c1-3-33-20(27)13-12-19(22(29)34-4-2)25-21(28)15-6-5-7-16(14-15)24-23(30)35-18-10-8-17(9-11-18)26(31)32/h5-11,14,19H,3-4,12-13H2,1-2H3,(H,24,30)(H,25,28). The zero-order valence-electron chi connectivity index (χ0n) is 19.1. The summed E-state index contributed by atoms with van der Waals surface area (Å²) in [6.07, 6.45) is -0.980. The molecule has 0 spiro atoms. The molecule has 0 saturated carbocycles. The van der Waals surface area contributed by atoms with Crippen LogP contribution in [0.15, 0.2) is 48.5 Å². The summed E-state index contributed by atoms with van der Waals surface area (Å²) < 4.78 is 14.9. The number of benzene rings is 2. The third-order valence-corrected chi connectivity index (χ3v) is 4.45. The number of non-ortho nitro benzene ring substituents is 1. The molecule has 0 saturated heterocycles. The Morgan fingerprint density at radius 2 is 1.69 bits per heavy atom. The van der Waals surface area contributed by atoms with Gasteiger partial charge in [0.05, 0.1) is 18.1 Å². The number of hydrogen-bond donors (Lipinski definition) is 2. The van der Waals surface area contributed by atoms with Gasteiger partial charge in [-0.2, -0.15) is 0 Å². The van der Waals surface area contributed by atoms with E-state index in [0.29, 0.717) is 0 Å². The number of nitrogens with zero attached hydrogens (tertiary/aromatic N) is 1. The van der Waals surface area contributed by atoms with Crippen molar-refractivity contribution >= 4 is 35.3 Å². The van der Waals surface area contributed by atoms with Gasteiger partial charge in [-0.25, -0.2) is 9.59 Å². The van der Waals surface area contributed by atoms with Gasteiger partial charge in [0.25, 0.3) is 11.6 Å². The van der Waals surface area contributed by atoms with Crippen LogP contribution in [0.2, 0.25) is 0 Å². The van der Waals surface area contributed by atoms with Crippen molar-refractivity contribution in [3.05, 3.63) is 64.2 Å². The highest BCUT2D eigenvalue weighted by molar-refractivity contribution is 5.98. The molecule has 12 nitrogen and oxygen atoms in total. The van der Waals surface area contributed by atoms with E-state index in [1.165, 1.54) is 48.5 Å². The van der Waals surface area contributed by atoms with E-state index >= 15 is 0 Å². The van der Waals surface area contributed by atoms with Gasteiger partial charge in [0.15, 0.2) is 0 Å². The van der Waals surface area contributed by atoms with Gasteiger partial charge >= 0.3 is 18.0 Å². The van der Waals surface area contributed by atoms with E-state index in [4.69, 9.17) is 14.2 Å². The Balaban J connectivity index is 2.02. The van der Waals surface area contributed by atoms with E-state index in [1.807, 2.05) is 0 Å². The Morgan fingerprint density at radius 3 is 2.31 bits per heavy atom. The fraction of sp³-hybridized carbons (Fsp3) is 0.304. The van der Waals surface area contributed by atoms with E-state index in [9.17, 15) is 29.3 Å². The van der Waals surface area contributed by atoms with Gasteiger partial charge in [-0.05, 0) is 50.6 Å². The van der Waals surface area contributed by atoms with Crippen LogP contribution in [-0.2, 0) is 19.1 Å². The average molecular weight is 487 g/mol. The first-order valence-corrected chi connectivity index (χ1v) is 10.7. The van der Waals surface area contributed by atoms with Gasteiger partial charge in [0.2, 0.25) is 0 Å². The lowest BCUT2D eigenvalue weighted by atomic mass is 10.1. The molecule has 0 radical (unpaired) electrons. The number of rotatable bonds is 11. The number of esters is 2. The van der Waals surface area contributed by atoms with Gasteiger partial charge in [-0.3, -0.25) is 25.0 Å². The molecule has 0 fully saturated rings. The molecule has 2 N–H and O–H groups in total. The Morgan fingerprint density at radius 1 is 1.00 bits per heavy atom. The largest absolute Gasteiger partial charge is 0.466 e. The molecule has 0 bridgehead atoms. The first kappa shape index (κ1) is 26.8. The van der Waals surface area contributed by atoms with Crippen LogP contribution >= 0.6 is 0 Å². The molecule has 2 rings (SSSR count). The normalized spacial score (nSPS) is 11.0. The zero-order chi connectivity index (χ0) is 25.8. The molecule has 12 heteroatoms. The van der Waals surface area contributed by atoms with Crippen LogP contribution in [0.25, 0.3) is 0 Å². The Kier molecular flexibility index (Phi) is 10.2. The van der Waals surface area contributed by atoms with E-state index < -0.39 is 34.9 Å². The van der Waals surface area contributed by atoms with E-state index in [0.717, 1.165) is 0 Å². The molecule has 2 aromatic rings. The maximum atomic E-state index is 12.7. The van der Waals surface area contributed by atoms with E-state index in [-0.39, 0.29) is 48.7 Å². The zero-order valence-corrected chi connectivity index (χ0v) is 19.1. The molecule has 0 aliphatic heterocycles. The first-order valence-electron chi connectivity index (χ1n) is 10.7. The number of nitrogens with one attached hydrogen (secondary N) is 2. The summed E-state index contributed by atoms with van der Waals surface area (Å²) >= 11 is 0. The minimum Gasteiger partial charge on any atom is -0.466 e. The summed E-state index contributed by atoms with van der Waals surface area (Å²) in [5.41, 5.74) is 0.201. The molecule has 1 atom stereocenters. The fourth-order valence-electron chi connectivity index (χ4n) is 2.85. The van der Waals surface area contributed by atoms with Crippen LogP contribution in [-0.4, -0.2) is 48.1 Å². The lowest BCUT2D eigenvalue weighted by Crippen LogP contribution is -2.42. The second-order valence-electron chi connectivity index (χ2n) is 6.97. The Hall–Kier alpha value is -4.48. The summed E-state index contributed by atoms with van der Waals surface area (Å²) in [4.78, 5) is 58.8. The van der Waals surface area contributed by atoms with Crippen molar-refractivity contribution < 1.29 is 38.3 Å². The summed E-state index contributed by atoms with van der Waals surface area (Å²) in [5, 5.41) is 15.7. The maximum absolute atomic E-state index is 12.7. The predicted octanol–water partition coefficient (Wildman–Crippen LogP) is 3.21. The smallest absolute Gasteiger partial charge is 0.417 e. The molecular weight excluding hydrogens is 462 g/mol. The summed E-state index contributed by atoms with van der Waals surface area (Å²) in [6.45, 7) is 3.57. The number of hydrogen-bond acceptors (Lipinski definition) is 9. The number of amides is 2. The van der Waals surface area contributed by atoms with Crippen molar-refractivity contribution in [2.24, 2.45) is 0 Å². The average Bonchev–Trinajstić information content (AvgIpc) is 2.82. The minimum absolute atomic E-state index is 0.0110. The molecule has 0 aliphatic carbocycles. The van der Waals surface area contributed by atoms with Gasteiger partial charge in [-0.15, -0.1) is 0 Å². The Labute approximate surface area is 200 Å². The van der Waals surface area contributed by atoms with E-state index in [2.05, 4.69) is 10.6 Å². The van der Waals surface area contributed by atoms with Gasteiger partial charge in [-0.1, -0.05) is 6.07 Å². The van der Waals surface area contributed by atoms with Gasteiger partial charge < -0.3 is 19.5 Å². The topological polar surface area (TPSA) is 163 Å². The predicted molar refractivity (Wildman–Crippen MR) is 123 cm³/mol. The Bertz CT molecular complexity index is 1070. The van der Waals surface area contributed by atoms with Crippen molar-refractivity contribution in [2.45, 2.75) is 32.7 Å². The summed E-state index contributed by atoms with van der Waals surface area (Å²) in [7, 11) is 0. The van der Waals surface area contributed by atoms with Crippen molar-refractivity contribution in [2.75, 3.05) is 18.5 Å². The van der Waals surface area contributed by atoms with Crippen LogP contribution in [0.5, 0.6) is 5.75 Å². The van der Waals surface area contributed by atoms with Crippen LogP contribution in [0, 0.1) is 10.1 Å². The number of nitro groups is 1. The summed E-state index contributed by atoms with van der Waals surface area (Å²) in [6, 6.07) is 9.70. The van der Waals surface area contributed by atoms with Crippen molar-refractivity contribution in [3.8, 4) is 5.75 Å². The maximum Gasteiger partial charge on any atom is 0.417 e. The molecule has 2 amide bonds. The highest BCUT2D eigenvalue weighted by Crippen LogP contribution is 2.18. The third kappa shape index (κ3) is 8.76. The highest BCUT2D eigenvalue weighted by Gasteiger charge is 2.24. The van der Waals surface area contributed by atoms with Gasteiger partial charge in [0.1, 0.15) is 11.8 Å². The molecule has 0 heterocycles. The number of anilines is 1. The quantitative estimate of drug-likeness (QED) is 0.275. The van der Waals surface area contributed by atoms with Crippen molar-refractivity contribution in [3.63, 3.8) is 0 Å². The first-order chi connectivity index (χ1) is 16.7. The van der Waals surface area contributed by atoms with Crippen molar-refractivity contribution in [1.82, 2.24) is 5.32 Å². The number of nitro benzene ring substituents is 1. The fourth-order valence-corrected chi connectivity index (χ4v) is 2.85. The highest BCUT2D eigenvalue weighted by atomic mass is 16.6. The monoisotopic (exact) mass is 487 g/mol. The molecule has 186 valence electrons. The molecule has 2 aromatic carbocycles. The van der Waals surface area contributed by atoms with Crippen LogP contribution in [0.4, 0.5) is 16.2 Å². The van der Waals surface area contributed by atoms with Crippen LogP contribution in [0.1, 0.15) is 37.0 Å². The molecular formula is C23H25N3O9. The second kappa shape index (κ2) is 13.3. The third-order valence-electron chi connectivity index (χ3n) is 4.45. The SMILES string of the molecule is CCOC(=O)CCC(NC(=O)c1cccc(NC(=O)Oc2ccc([N+](=O)[O-])cc2)c1)C(=O)OCC. The molecule has 0 aromatic heterocycles. The van der Waals surface area contributed by atoms with Crippen LogP contribution < -0.4 is 15.4 Å². The van der Waals surface area contributed by atoms with E-state index in [1.54, 1.807) is 13.8 Å². The number of ether oxygens (including phenoxy) is 3. The van der Waals surface area contributed by atoms with Crippen LogP contribution in [0.3, 0.4) is 0 Å². The minimum atomic E-state index is -1.07. The lowest BCUT2D eigenvalue weighted by molar-refractivity contribution is -0.384. The van der Waals surface area contributed by atoms with Gasteiger partial charge in [0, 0.05) is 29.8 Å². The molecule has 0 aliphatic rings. The number of carbonyl (C=O) groups is 4.